The van der Waals surface area contributed by atoms with Gasteiger partial charge in [-0.15, -0.1) is 0 Å². The Balaban J connectivity index is 2.18. The third-order valence-corrected chi connectivity index (χ3v) is 3.54. The van der Waals surface area contributed by atoms with Crippen LogP contribution in [0.5, 0.6) is 5.75 Å². The number of nitrogen functional groups attached to an aromatic ring is 1. The van der Waals surface area contributed by atoms with Crippen LogP contribution in [0.4, 0.5) is 5.69 Å². The summed E-state index contributed by atoms with van der Waals surface area (Å²) >= 11 is 1.71. The fourth-order valence-corrected chi connectivity index (χ4v) is 2.45. The Labute approximate surface area is 112 Å². The fourth-order valence-electron chi connectivity index (χ4n) is 1.60. The smallest absolute Gasteiger partial charge is 0.143 e. The number of aryl methyl sites for hydroxylation is 1. The Bertz CT molecular complexity index is 523. The predicted octanol–water partition coefficient (Wildman–Crippen LogP) is 4.13. The number of hydrogen-bond acceptors (Lipinski definition) is 3. The van der Waals surface area contributed by atoms with E-state index >= 15 is 0 Å². The van der Waals surface area contributed by atoms with Crippen LogP contribution < -0.4 is 10.5 Å². The van der Waals surface area contributed by atoms with Gasteiger partial charge in [0.05, 0.1) is 12.3 Å². The molecule has 0 fully saturated rings. The maximum Gasteiger partial charge on any atom is 0.143 e. The summed E-state index contributed by atoms with van der Waals surface area (Å²) in [7, 11) is 0. The topological polar surface area (TPSA) is 35.2 Å². The van der Waals surface area contributed by atoms with E-state index in [2.05, 4.69) is 31.2 Å². The van der Waals surface area contributed by atoms with Gasteiger partial charge in [-0.1, -0.05) is 29.5 Å². The molecule has 0 bridgehead atoms. The minimum absolute atomic E-state index is 0.628. The van der Waals surface area contributed by atoms with Gasteiger partial charge in [-0.25, -0.2) is 0 Å². The van der Waals surface area contributed by atoms with Crippen molar-refractivity contribution in [3.05, 3.63) is 48.0 Å². The van der Waals surface area contributed by atoms with Gasteiger partial charge < -0.3 is 10.5 Å². The van der Waals surface area contributed by atoms with E-state index in [0.717, 1.165) is 10.6 Å². The highest BCUT2D eigenvalue weighted by molar-refractivity contribution is 7.99. The molecule has 0 saturated heterocycles. The summed E-state index contributed by atoms with van der Waals surface area (Å²) in [6.07, 6.45) is 0. The van der Waals surface area contributed by atoms with Crippen molar-refractivity contribution < 1.29 is 4.74 Å². The van der Waals surface area contributed by atoms with Crippen molar-refractivity contribution in [3.63, 3.8) is 0 Å². The SMILES string of the molecule is CCOc1cc(Sc2ccc(C)cc2)ccc1N. The van der Waals surface area contributed by atoms with Crippen molar-refractivity contribution in [2.45, 2.75) is 23.6 Å². The molecule has 0 aliphatic carbocycles. The molecule has 0 atom stereocenters. The monoisotopic (exact) mass is 259 g/mol. The molecule has 0 amide bonds. The van der Waals surface area contributed by atoms with Crippen LogP contribution >= 0.6 is 11.8 Å². The predicted molar refractivity (Wildman–Crippen MR) is 77.3 cm³/mol. The zero-order valence-electron chi connectivity index (χ0n) is 10.6. The number of anilines is 1. The molecule has 0 spiro atoms. The van der Waals surface area contributed by atoms with Crippen LogP contribution in [0.25, 0.3) is 0 Å². The first-order valence-electron chi connectivity index (χ1n) is 5.96. The molecule has 2 aromatic rings. The first kappa shape index (κ1) is 12.8. The summed E-state index contributed by atoms with van der Waals surface area (Å²) in [5.41, 5.74) is 7.81. The van der Waals surface area contributed by atoms with Crippen molar-refractivity contribution in [2.24, 2.45) is 0 Å². The van der Waals surface area contributed by atoms with E-state index in [1.54, 1.807) is 11.8 Å². The molecule has 0 saturated carbocycles. The molecular formula is C15H17NOS. The first-order chi connectivity index (χ1) is 8.69. The Morgan fingerprint density at radius 3 is 2.39 bits per heavy atom. The zero-order valence-corrected chi connectivity index (χ0v) is 11.5. The fraction of sp³-hybridized carbons (Fsp3) is 0.200. The molecule has 2 N–H and O–H groups in total. The third-order valence-electron chi connectivity index (χ3n) is 2.54. The van der Waals surface area contributed by atoms with Crippen molar-refractivity contribution >= 4 is 17.4 Å². The number of hydrogen-bond donors (Lipinski definition) is 1. The van der Waals surface area contributed by atoms with E-state index in [1.807, 2.05) is 25.1 Å². The molecule has 3 heteroatoms. The highest BCUT2D eigenvalue weighted by Gasteiger charge is 2.03. The molecule has 2 aromatic carbocycles. The van der Waals surface area contributed by atoms with E-state index in [-0.39, 0.29) is 0 Å². The lowest BCUT2D eigenvalue weighted by atomic mass is 10.2. The average molecular weight is 259 g/mol. The van der Waals surface area contributed by atoms with E-state index in [0.29, 0.717) is 12.3 Å². The number of rotatable bonds is 4. The maximum atomic E-state index is 5.85. The normalized spacial score (nSPS) is 10.3. The second-order valence-corrected chi connectivity index (χ2v) is 5.19. The molecule has 0 radical (unpaired) electrons. The summed E-state index contributed by atoms with van der Waals surface area (Å²) in [6.45, 7) is 4.67. The van der Waals surface area contributed by atoms with Crippen molar-refractivity contribution in [3.8, 4) is 5.75 Å². The van der Waals surface area contributed by atoms with Crippen LogP contribution in [-0.4, -0.2) is 6.61 Å². The Kier molecular flexibility index (Phi) is 4.15. The molecule has 18 heavy (non-hydrogen) atoms. The number of nitrogens with two attached hydrogens (primary N) is 1. The van der Waals surface area contributed by atoms with Crippen LogP contribution in [0, 0.1) is 6.92 Å². The summed E-state index contributed by atoms with van der Waals surface area (Å²) in [6, 6.07) is 14.4. The lowest BCUT2D eigenvalue weighted by Crippen LogP contribution is -1.96. The summed E-state index contributed by atoms with van der Waals surface area (Å²) in [4.78, 5) is 2.35. The van der Waals surface area contributed by atoms with E-state index in [9.17, 15) is 0 Å². The van der Waals surface area contributed by atoms with Gasteiger partial charge >= 0.3 is 0 Å². The lowest BCUT2D eigenvalue weighted by Gasteiger charge is -2.09. The Morgan fingerprint density at radius 1 is 1.06 bits per heavy atom. The Morgan fingerprint density at radius 2 is 1.72 bits per heavy atom. The average Bonchev–Trinajstić information content (AvgIpc) is 2.37. The standard InChI is InChI=1S/C15H17NOS/c1-3-17-15-10-13(8-9-14(15)16)18-12-6-4-11(2)5-7-12/h4-10H,3,16H2,1-2H3. The molecule has 94 valence electrons. The summed E-state index contributed by atoms with van der Waals surface area (Å²) < 4.78 is 5.50. The molecule has 2 nitrogen and oxygen atoms in total. The maximum absolute atomic E-state index is 5.85. The van der Waals surface area contributed by atoms with Crippen molar-refractivity contribution in [1.29, 1.82) is 0 Å². The van der Waals surface area contributed by atoms with Crippen LogP contribution in [0.3, 0.4) is 0 Å². The molecular weight excluding hydrogens is 242 g/mol. The van der Waals surface area contributed by atoms with Gasteiger partial charge in [0.2, 0.25) is 0 Å². The third kappa shape index (κ3) is 3.20. The lowest BCUT2D eigenvalue weighted by molar-refractivity contribution is 0.341. The van der Waals surface area contributed by atoms with Gasteiger partial charge in [0.15, 0.2) is 0 Å². The largest absolute Gasteiger partial charge is 0.492 e. The van der Waals surface area contributed by atoms with Crippen LogP contribution in [0.1, 0.15) is 12.5 Å². The van der Waals surface area contributed by atoms with Crippen LogP contribution in [0.2, 0.25) is 0 Å². The molecule has 0 aromatic heterocycles. The number of ether oxygens (including phenoxy) is 1. The second-order valence-electron chi connectivity index (χ2n) is 4.05. The van der Waals surface area contributed by atoms with Gasteiger partial charge in [-0.05, 0) is 44.2 Å². The minimum Gasteiger partial charge on any atom is -0.492 e. The zero-order chi connectivity index (χ0) is 13.0. The van der Waals surface area contributed by atoms with E-state index < -0.39 is 0 Å². The Hall–Kier alpha value is -1.61. The number of benzene rings is 2. The first-order valence-corrected chi connectivity index (χ1v) is 6.77. The molecule has 0 aliphatic rings. The minimum atomic E-state index is 0.628. The van der Waals surface area contributed by atoms with E-state index in [4.69, 9.17) is 10.5 Å². The van der Waals surface area contributed by atoms with Gasteiger partial charge in [0.25, 0.3) is 0 Å². The van der Waals surface area contributed by atoms with Gasteiger partial charge in [0, 0.05) is 9.79 Å². The van der Waals surface area contributed by atoms with E-state index in [1.165, 1.54) is 10.5 Å². The molecule has 0 aliphatic heterocycles. The van der Waals surface area contributed by atoms with Crippen molar-refractivity contribution in [2.75, 3.05) is 12.3 Å². The summed E-state index contributed by atoms with van der Waals surface area (Å²) in [5.74, 6) is 0.759. The van der Waals surface area contributed by atoms with Crippen LogP contribution in [-0.2, 0) is 0 Å². The van der Waals surface area contributed by atoms with Gasteiger partial charge in [-0.2, -0.15) is 0 Å². The quantitative estimate of drug-likeness (QED) is 0.839. The molecule has 0 unspecified atom stereocenters. The van der Waals surface area contributed by atoms with Gasteiger partial charge in [-0.3, -0.25) is 0 Å². The molecule has 2 rings (SSSR count). The van der Waals surface area contributed by atoms with Gasteiger partial charge in [0.1, 0.15) is 5.75 Å². The highest BCUT2D eigenvalue weighted by atomic mass is 32.2. The van der Waals surface area contributed by atoms with Crippen molar-refractivity contribution in [1.82, 2.24) is 0 Å². The summed E-state index contributed by atoms with van der Waals surface area (Å²) in [5, 5.41) is 0. The molecule has 0 heterocycles. The second kappa shape index (κ2) is 5.83. The van der Waals surface area contributed by atoms with Crippen LogP contribution in [0.15, 0.2) is 52.3 Å². The highest BCUT2D eigenvalue weighted by Crippen LogP contribution is 2.33.